The van der Waals surface area contributed by atoms with E-state index in [9.17, 15) is 14.4 Å². The number of aromatic nitrogens is 6. The summed E-state index contributed by atoms with van der Waals surface area (Å²) in [6, 6.07) is 40.6. The molecule has 9 heterocycles. The van der Waals surface area contributed by atoms with Crippen LogP contribution in [-0.2, 0) is 111 Å². The van der Waals surface area contributed by atoms with Gasteiger partial charge in [-0.15, -0.1) is 0 Å². The highest BCUT2D eigenvalue weighted by molar-refractivity contribution is 9.11. The van der Waals surface area contributed by atoms with E-state index in [2.05, 4.69) is 100 Å². The molecule has 0 radical (unpaired) electrons. The van der Waals surface area contributed by atoms with Crippen LogP contribution in [0.5, 0.6) is 0 Å². The monoisotopic (exact) mass is 1510 g/mol. The molecule has 0 saturated carbocycles. The SMILES string of the molecule is Brc1cnc2c(c1)CCCN2.CC1(C)OB(c2cncc(COCC(=O)OCc3ccccc3)c2)OC1(C)C.O=C(COCc1cncc(-c2cnc3c(c2)CCCN3)c1)OCc1ccccc1.O=C(COCc1cncc(Br)c1)OCc1ccccc1.OCc1cncc(Br)c1. The molecule has 3 aliphatic heterocycles. The zero-order valence-electron chi connectivity index (χ0n) is 54.5. The van der Waals surface area contributed by atoms with Gasteiger partial charge in [-0.2, -0.15) is 0 Å². The van der Waals surface area contributed by atoms with E-state index in [4.69, 9.17) is 42.8 Å². The number of fused-ring (bicyclic) bond motifs is 2. The number of nitrogens with zero attached hydrogens (tertiary/aromatic N) is 6. The van der Waals surface area contributed by atoms with Crippen molar-refractivity contribution < 1.29 is 57.2 Å². The van der Waals surface area contributed by atoms with E-state index in [1.165, 1.54) is 17.5 Å². The van der Waals surface area contributed by atoms with Crippen molar-refractivity contribution in [2.24, 2.45) is 0 Å². The largest absolute Gasteiger partial charge is 0.496 e. The van der Waals surface area contributed by atoms with Crippen LogP contribution in [0, 0.1) is 0 Å². The Hall–Kier alpha value is -8.17. The average molecular weight is 1510 g/mol. The van der Waals surface area contributed by atoms with Gasteiger partial charge in [0, 0.05) is 105 Å². The highest BCUT2D eigenvalue weighted by Crippen LogP contribution is 2.36. The van der Waals surface area contributed by atoms with Gasteiger partial charge < -0.3 is 53.5 Å². The van der Waals surface area contributed by atoms with Gasteiger partial charge in [0.2, 0.25) is 0 Å². The van der Waals surface area contributed by atoms with Crippen molar-refractivity contribution in [2.75, 3.05) is 43.5 Å². The number of aliphatic hydroxyl groups excluding tert-OH is 1. The van der Waals surface area contributed by atoms with E-state index in [-0.39, 0.29) is 64.8 Å². The minimum Gasteiger partial charge on any atom is -0.459 e. The van der Waals surface area contributed by atoms with Gasteiger partial charge in [0.25, 0.3) is 0 Å². The second-order valence-corrected chi connectivity index (χ2v) is 26.1. The first-order valence-electron chi connectivity index (χ1n) is 31.4. The lowest BCUT2D eigenvalue weighted by Crippen LogP contribution is -2.41. The molecule has 1 saturated heterocycles. The zero-order chi connectivity index (χ0) is 68.7. The van der Waals surface area contributed by atoms with Crippen LogP contribution in [0.2, 0.25) is 0 Å². The summed E-state index contributed by atoms with van der Waals surface area (Å²) < 4.78 is 46.7. The fourth-order valence-electron chi connectivity index (χ4n) is 9.41. The second kappa shape index (κ2) is 39.3. The highest BCUT2D eigenvalue weighted by Gasteiger charge is 2.52. The van der Waals surface area contributed by atoms with Gasteiger partial charge in [-0.3, -0.25) is 19.9 Å². The molecule has 506 valence electrons. The van der Waals surface area contributed by atoms with Crippen LogP contribution in [-0.4, -0.2) is 104 Å². The summed E-state index contributed by atoms with van der Waals surface area (Å²) in [6.07, 6.45) is 21.9. The summed E-state index contributed by atoms with van der Waals surface area (Å²) in [6.45, 7) is 11.5. The number of halogens is 3. The number of anilines is 2. The van der Waals surface area contributed by atoms with Crippen LogP contribution in [0.15, 0.2) is 203 Å². The van der Waals surface area contributed by atoms with Crippen LogP contribution in [0.4, 0.5) is 11.6 Å². The number of rotatable bonds is 21. The molecular weight excluding hydrogens is 1430 g/mol. The Labute approximate surface area is 591 Å². The maximum atomic E-state index is 11.9. The fraction of sp³-hybridized carbons (Fsp3) is 0.301. The van der Waals surface area contributed by atoms with Crippen molar-refractivity contribution in [3.8, 4) is 11.1 Å². The molecule has 20 nitrogen and oxygen atoms in total. The first kappa shape index (κ1) is 74.6. The number of ether oxygens (including phenoxy) is 6. The number of esters is 3. The molecular formula is C73H78BBr3N8O12. The van der Waals surface area contributed by atoms with Crippen molar-refractivity contribution in [2.45, 2.75) is 111 Å². The van der Waals surface area contributed by atoms with E-state index >= 15 is 0 Å². The molecule has 0 atom stereocenters. The summed E-state index contributed by atoms with van der Waals surface area (Å²) in [5.41, 5.74) is 10.9. The Morgan fingerprint density at radius 3 is 1.31 bits per heavy atom. The number of aliphatic hydroxyl groups is 1. The van der Waals surface area contributed by atoms with Crippen molar-refractivity contribution in [1.82, 2.24) is 29.9 Å². The van der Waals surface area contributed by atoms with Crippen molar-refractivity contribution in [3.63, 3.8) is 0 Å². The van der Waals surface area contributed by atoms with Gasteiger partial charge in [-0.05, 0) is 182 Å². The minimum absolute atomic E-state index is 0.0481. The maximum Gasteiger partial charge on any atom is 0.496 e. The third kappa shape index (κ3) is 26.0. The standard InChI is InChI=1S/C23H23N3O3.C21H26BNO5.C15H14BrNO3.C8H9BrN2.C6H6BrNO/c27-22(29-15-17-5-2-1-3-6-17)16-28-14-18-9-20(12-24-11-18)21-10-19-7-4-8-25-23(19)26-13-21;1-20(2)21(3,4)28-22(27-20)18-10-17(11-23-12-18)13-25-15-19(24)26-14-16-8-6-5-7-9-16;16-14-6-13(7-17-8-14)9-19-11-15(18)20-10-12-4-2-1-3-5-12;9-7-4-6-2-1-3-10-8(6)11-5-7;7-6-1-5(4-9)2-8-3-6/h1-3,5-6,9-13H,4,7-8,14-16H2,(H,25,26);5-12H,13-15H2,1-4H3;1-8H,9-11H2;4-5H,1-3H2,(H,10,11);1-3,9H,4H2. The lowest BCUT2D eigenvalue weighted by molar-refractivity contribution is -0.151. The number of carbonyl (C=O) groups excluding carboxylic acids is 3. The number of nitrogens with one attached hydrogen (secondary N) is 2. The molecule has 97 heavy (non-hydrogen) atoms. The van der Waals surface area contributed by atoms with Crippen LogP contribution in [0.25, 0.3) is 11.1 Å². The Bertz CT molecular complexity index is 3910. The first-order valence-corrected chi connectivity index (χ1v) is 33.8. The topological polar surface area (TPSA) is 247 Å². The lowest BCUT2D eigenvalue weighted by atomic mass is 9.80. The predicted molar refractivity (Wildman–Crippen MR) is 380 cm³/mol. The molecule has 0 spiro atoms. The van der Waals surface area contributed by atoms with E-state index in [0.717, 1.165) is 113 Å². The molecule has 6 aromatic heterocycles. The van der Waals surface area contributed by atoms with Gasteiger partial charge in [0.1, 0.15) is 51.3 Å². The smallest absolute Gasteiger partial charge is 0.459 e. The molecule has 0 unspecified atom stereocenters. The summed E-state index contributed by atoms with van der Waals surface area (Å²) in [5.74, 6) is 0.862. The third-order valence-electron chi connectivity index (χ3n) is 15.1. The predicted octanol–water partition coefficient (Wildman–Crippen LogP) is 13.0. The number of pyridine rings is 6. The molecule has 3 N–H and O–H groups in total. The van der Waals surface area contributed by atoms with Crippen molar-refractivity contribution in [3.05, 3.63) is 253 Å². The Kier molecular flexibility index (Phi) is 30.2. The van der Waals surface area contributed by atoms with Crippen molar-refractivity contribution >= 4 is 89.9 Å². The molecule has 0 aliphatic carbocycles. The summed E-state index contributed by atoms with van der Waals surface area (Å²) >= 11 is 9.95. The summed E-state index contributed by atoms with van der Waals surface area (Å²) in [7, 11) is -0.478. The van der Waals surface area contributed by atoms with E-state index in [0.29, 0.717) is 13.2 Å². The highest BCUT2D eigenvalue weighted by atomic mass is 79.9. The van der Waals surface area contributed by atoms with Gasteiger partial charge >= 0.3 is 25.0 Å². The van der Waals surface area contributed by atoms with Crippen LogP contribution >= 0.6 is 47.8 Å². The van der Waals surface area contributed by atoms with Crippen LogP contribution in [0.3, 0.4) is 0 Å². The van der Waals surface area contributed by atoms with Gasteiger partial charge in [0.05, 0.1) is 37.6 Å². The second-order valence-electron chi connectivity index (χ2n) is 23.3. The van der Waals surface area contributed by atoms with E-state index in [1.807, 2.05) is 162 Å². The molecule has 1 fully saturated rings. The van der Waals surface area contributed by atoms with Gasteiger partial charge in [-0.25, -0.2) is 24.4 Å². The van der Waals surface area contributed by atoms with Gasteiger partial charge in [0.15, 0.2) is 0 Å². The number of hydrogen-bond donors (Lipinski definition) is 3. The first-order chi connectivity index (χ1) is 47.0. The number of benzene rings is 3. The quantitative estimate of drug-likeness (QED) is 0.0344. The Morgan fingerprint density at radius 1 is 0.454 bits per heavy atom. The normalized spacial score (nSPS) is 13.6. The number of aryl methyl sites for hydroxylation is 2. The molecule has 24 heteroatoms. The molecule has 3 aromatic carbocycles. The number of hydrogen-bond acceptors (Lipinski definition) is 20. The average Bonchev–Trinajstić information content (AvgIpc) is 1.63. The third-order valence-corrected chi connectivity index (χ3v) is 16.4. The molecule has 0 bridgehead atoms. The van der Waals surface area contributed by atoms with Crippen molar-refractivity contribution in [1.29, 1.82) is 0 Å². The van der Waals surface area contributed by atoms with Gasteiger partial charge in [-0.1, -0.05) is 97.1 Å². The molecule has 0 amide bonds. The Balaban J connectivity index is 0.000000164. The maximum absolute atomic E-state index is 11.9. The minimum atomic E-state index is -0.478. The lowest BCUT2D eigenvalue weighted by Gasteiger charge is -2.32. The van der Waals surface area contributed by atoms with Crippen LogP contribution in [0.1, 0.15) is 90.6 Å². The zero-order valence-corrected chi connectivity index (χ0v) is 59.3. The molecule has 3 aliphatic rings. The van der Waals surface area contributed by atoms with E-state index < -0.39 is 24.3 Å². The van der Waals surface area contributed by atoms with E-state index in [1.54, 1.807) is 43.4 Å². The fourth-order valence-corrected chi connectivity index (χ4v) is 10.6. The molecule has 12 rings (SSSR count). The number of carbonyl (C=O) groups is 3. The molecule has 9 aromatic rings. The summed E-state index contributed by atoms with van der Waals surface area (Å²) in [5, 5.41) is 15.2. The Morgan fingerprint density at radius 2 is 0.845 bits per heavy atom. The van der Waals surface area contributed by atoms with Crippen LogP contribution < -0.4 is 16.1 Å². The summed E-state index contributed by atoms with van der Waals surface area (Å²) in [4.78, 5) is 60.4.